The van der Waals surface area contributed by atoms with Gasteiger partial charge in [0.15, 0.2) is 5.69 Å². The molecule has 0 spiro atoms. The average molecular weight is 294 g/mol. The van der Waals surface area contributed by atoms with Crippen LogP contribution >= 0.6 is 0 Å². The fourth-order valence-electron chi connectivity index (χ4n) is 2.57. The molecule has 0 unspecified atom stereocenters. The lowest BCUT2D eigenvalue weighted by Gasteiger charge is -2.24. The van der Waals surface area contributed by atoms with Crippen LogP contribution in [0.5, 0.6) is 0 Å². The number of amides is 1. The summed E-state index contributed by atoms with van der Waals surface area (Å²) in [7, 11) is 0. The summed E-state index contributed by atoms with van der Waals surface area (Å²) in [5.74, 6) is -1.70. The summed E-state index contributed by atoms with van der Waals surface area (Å²) in [6.07, 6.45) is 0.593. The van der Waals surface area contributed by atoms with Crippen molar-refractivity contribution < 1.29 is 23.2 Å². The minimum Gasteiger partial charge on any atom is -0.391 e. The largest absolute Gasteiger partial charge is 0.391 e. The lowest BCUT2D eigenvalue weighted by atomic mass is 10.0. The maximum atomic E-state index is 13.9. The topological polar surface area (TPSA) is 66.6 Å². The van der Waals surface area contributed by atoms with Crippen molar-refractivity contribution in [2.24, 2.45) is 0 Å². The summed E-state index contributed by atoms with van der Waals surface area (Å²) in [4.78, 5) is 13.6. The van der Waals surface area contributed by atoms with Crippen molar-refractivity contribution in [3.63, 3.8) is 0 Å². The van der Waals surface area contributed by atoms with E-state index < -0.39 is 29.7 Å². The second-order valence-electron chi connectivity index (χ2n) is 4.91. The third-order valence-corrected chi connectivity index (χ3v) is 3.51. The van der Waals surface area contributed by atoms with Crippen LogP contribution in [0.15, 0.2) is 35.1 Å². The van der Waals surface area contributed by atoms with Gasteiger partial charge in [-0.3, -0.25) is 4.79 Å². The lowest BCUT2D eigenvalue weighted by molar-refractivity contribution is 0.0703. The number of likely N-dealkylation sites (tertiary alicyclic amines) is 1. The smallest absolute Gasteiger partial charge is 0.276 e. The normalized spacial score (nSPS) is 21.8. The molecule has 5 nitrogen and oxygen atoms in total. The van der Waals surface area contributed by atoms with Crippen LogP contribution in [0.25, 0.3) is 0 Å². The van der Waals surface area contributed by atoms with Gasteiger partial charge in [0.25, 0.3) is 5.91 Å². The molecular formula is C14H12F2N2O3. The SMILES string of the molecule is O=C(c1ccon1)N1C[C@H](O)C[C@@H]1c1cc(F)ccc1F. The predicted molar refractivity (Wildman–Crippen MR) is 67.3 cm³/mol. The molecule has 0 bridgehead atoms. The number of hydrogen-bond donors (Lipinski definition) is 1. The van der Waals surface area contributed by atoms with Crippen LogP contribution in [-0.2, 0) is 0 Å². The Bertz CT molecular complexity index is 660. The highest BCUT2D eigenvalue weighted by Gasteiger charge is 2.38. The highest BCUT2D eigenvalue weighted by Crippen LogP contribution is 2.34. The summed E-state index contributed by atoms with van der Waals surface area (Å²) in [6, 6.07) is 3.70. The molecule has 1 aromatic carbocycles. The Hall–Kier alpha value is -2.28. The quantitative estimate of drug-likeness (QED) is 0.918. The standard InChI is InChI=1S/C14H12F2N2O3/c15-8-1-2-11(16)10(5-8)13-6-9(19)7-18(13)14(20)12-3-4-21-17-12/h1-5,9,13,19H,6-7H2/t9-,13-/m1/s1. The zero-order valence-corrected chi connectivity index (χ0v) is 10.9. The minimum absolute atomic E-state index is 0.0340. The Balaban J connectivity index is 1.96. The third-order valence-electron chi connectivity index (χ3n) is 3.51. The van der Waals surface area contributed by atoms with Gasteiger partial charge in [0.2, 0.25) is 0 Å². The van der Waals surface area contributed by atoms with Gasteiger partial charge in [-0.1, -0.05) is 5.16 Å². The van der Waals surface area contributed by atoms with E-state index in [4.69, 9.17) is 0 Å². The fourth-order valence-corrected chi connectivity index (χ4v) is 2.57. The van der Waals surface area contributed by atoms with Crippen molar-refractivity contribution in [3.05, 3.63) is 53.4 Å². The Morgan fingerprint density at radius 1 is 1.38 bits per heavy atom. The van der Waals surface area contributed by atoms with Gasteiger partial charge in [-0.05, 0) is 24.6 Å². The van der Waals surface area contributed by atoms with E-state index in [2.05, 4.69) is 9.68 Å². The van der Waals surface area contributed by atoms with E-state index in [9.17, 15) is 18.7 Å². The zero-order chi connectivity index (χ0) is 15.0. The van der Waals surface area contributed by atoms with Crippen LogP contribution in [0, 0.1) is 11.6 Å². The number of halogens is 2. The van der Waals surface area contributed by atoms with E-state index in [0.717, 1.165) is 18.2 Å². The van der Waals surface area contributed by atoms with Crippen molar-refractivity contribution in [3.8, 4) is 0 Å². The summed E-state index contributed by atoms with van der Waals surface area (Å²) in [5.41, 5.74) is 0.106. The summed E-state index contributed by atoms with van der Waals surface area (Å²) in [5, 5.41) is 13.3. The van der Waals surface area contributed by atoms with Gasteiger partial charge in [0, 0.05) is 18.2 Å². The molecule has 2 atom stereocenters. The second-order valence-corrected chi connectivity index (χ2v) is 4.91. The van der Waals surface area contributed by atoms with Crippen molar-refractivity contribution in [2.45, 2.75) is 18.6 Å². The molecule has 2 heterocycles. The van der Waals surface area contributed by atoms with Crippen LogP contribution in [0.1, 0.15) is 28.5 Å². The first-order chi connectivity index (χ1) is 10.1. The molecule has 21 heavy (non-hydrogen) atoms. The molecule has 0 aliphatic carbocycles. The Morgan fingerprint density at radius 2 is 2.19 bits per heavy atom. The van der Waals surface area contributed by atoms with Crippen molar-refractivity contribution in [1.29, 1.82) is 0 Å². The number of nitrogens with zero attached hydrogens (tertiary/aromatic N) is 2. The first kappa shape index (κ1) is 13.7. The van der Waals surface area contributed by atoms with Crippen molar-refractivity contribution in [1.82, 2.24) is 10.1 Å². The van der Waals surface area contributed by atoms with Crippen LogP contribution in [0.4, 0.5) is 8.78 Å². The molecule has 110 valence electrons. The predicted octanol–water partition coefficient (Wildman–Crippen LogP) is 1.90. The number of hydrogen-bond acceptors (Lipinski definition) is 4. The number of aromatic nitrogens is 1. The molecular weight excluding hydrogens is 282 g/mol. The molecule has 1 aromatic heterocycles. The molecule has 1 aliphatic rings. The van der Waals surface area contributed by atoms with E-state index in [1.54, 1.807) is 0 Å². The molecule has 1 fully saturated rings. The Labute approximate surface area is 118 Å². The number of β-amino-alcohol motifs (C(OH)–C–C–N with tert-alkyl or cyclic N) is 1. The number of rotatable bonds is 2. The van der Waals surface area contributed by atoms with Gasteiger partial charge in [0.1, 0.15) is 17.9 Å². The minimum atomic E-state index is -0.798. The second kappa shape index (κ2) is 5.25. The van der Waals surface area contributed by atoms with Gasteiger partial charge in [0.05, 0.1) is 12.1 Å². The van der Waals surface area contributed by atoms with E-state index in [1.807, 2.05) is 0 Å². The highest BCUT2D eigenvalue weighted by atomic mass is 19.1. The van der Waals surface area contributed by atoms with Gasteiger partial charge in [-0.15, -0.1) is 0 Å². The van der Waals surface area contributed by atoms with Crippen LogP contribution < -0.4 is 0 Å². The summed E-state index contributed by atoms with van der Waals surface area (Å²) < 4.78 is 31.9. The number of aliphatic hydroxyl groups is 1. The van der Waals surface area contributed by atoms with E-state index in [1.165, 1.54) is 17.2 Å². The average Bonchev–Trinajstić information content (AvgIpc) is 3.10. The van der Waals surface area contributed by atoms with Crippen molar-refractivity contribution >= 4 is 5.91 Å². The summed E-state index contributed by atoms with van der Waals surface area (Å²) in [6.45, 7) is 0.0340. The third kappa shape index (κ3) is 2.52. The van der Waals surface area contributed by atoms with Crippen molar-refractivity contribution in [2.75, 3.05) is 6.54 Å². The maximum Gasteiger partial charge on any atom is 0.276 e. The van der Waals surface area contributed by atoms with Crippen LogP contribution in [-0.4, -0.2) is 33.7 Å². The van der Waals surface area contributed by atoms with Gasteiger partial charge in [-0.2, -0.15) is 0 Å². The molecule has 0 saturated carbocycles. The van der Waals surface area contributed by atoms with Gasteiger partial charge < -0.3 is 14.5 Å². The van der Waals surface area contributed by atoms with E-state index >= 15 is 0 Å². The summed E-state index contributed by atoms with van der Waals surface area (Å²) >= 11 is 0. The Kier molecular flexibility index (Phi) is 3.42. The first-order valence-corrected chi connectivity index (χ1v) is 6.40. The van der Waals surface area contributed by atoms with E-state index in [-0.39, 0.29) is 24.2 Å². The molecule has 1 aliphatic heterocycles. The molecule has 0 radical (unpaired) electrons. The molecule has 1 N–H and O–H groups in total. The highest BCUT2D eigenvalue weighted by molar-refractivity contribution is 5.92. The first-order valence-electron chi connectivity index (χ1n) is 6.40. The number of carbonyl (C=O) groups excluding carboxylic acids is 1. The van der Waals surface area contributed by atoms with Gasteiger partial charge >= 0.3 is 0 Å². The maximum absolute atomic E-state index is 13.9. The van der Waals surface area contributed by atoms with Gasteiger partial charge in [-0.25, -0.2) is 8.78 Å². The number of benzene rings is 1. The monoisotopic (exact) mass is 294 g/mol. The number of aliphatic hydroxyl groups excluding tert-OH is 1. The lowest BCUT2D eigenvalue weighted by Crippen LogP contribution is -2.32. The van der Waals surface area contributed by atoms with Crippen LogP contribution in [0.2, 0.25) is 0 Å². The molecule has 2 aromatic rings. The molecule has 1 saturated heterocycles. The molecule has 3 rings (SSSR count). The Morgan fingerprint density at radius 3 is 2.90 bits per heavy atom. The molecule has 1 amide bonds. The zero-order valence-electron chi connectivity index (χ0n) is 10.9. The van der Waals surface area contributed by atoms with Crippen LogP contribution in [0.3, 0.4) is 0 Å². The fraction of sp³-hybridized carbons (Fsp3) is 0.286. The molecule has 7 heteroatoms. The van der Waals surface area contributed by atoms with E-state index in [0.29, 0.717) is 0 Å². The number of carbonyl (C=O) groups is 1.